The number of carbonyl (C=O) groups is 1. The van der Waals surface area contributed by atoms with Gasteiger partial charge in [0.1, 0.15) is 5.58 Å². The predicted octanol–water partition coefficient (Wildman–Crippen LogP) is 2.65. The first-order chi connectivity index (χ1) is 8.48. The molecule has 0 saturated heterocycles. The van der Waals surface area contributed by atoms with E-state index in [1.54, 1.807) is 12.1 Å². The van der Waals surface area contributed by atoms with Crippen molar-refractivity contribution in [2.75, 3.05) is 6.54 Å². The van der Waals surface area contributed by atoms with Crippen LogP contribution in [-0.4, -0.2) is 18.6 Å². The Morgan fingerprint density at radius 3 is 2.72 bits per heavy atom. The van der Waals surface area contributed by atoms with E-state index >= 15 is 0 Å². The zero-order chi connectivity index (χ0) is 13.2. The number of alkyl halides is 3. The molecule has 0 spiro atoms. The second-order valence-electron chi connectivity index (χ2n) is 3.76. The molecule has 1 heterocycles. The minimum atomic E-state index is -4.83. The normalized spacial score (nSPS) is 11.7. The summed E-state index contributed by atoms with van der Waals surface area (Å²) >= 11 is 0. The fourth-order valence-corrected chi connectivity index (χ4v) is 1.64. The van der Waals surface area contributed by atoms with Crippen molar-refractivity contribution in [3.8, 4) is 0 Å². The summed E-state index contributed by atoms with van der Waals surface area (Å²) in [5, 5.41) is 2.67. The maximum Gasteiger partial charge on any atom is 0.471 e. The lowest BCUT2D eigenvalue weighted by molar-refractivity contribution is -0.173. The van der Waals surface area contributed by atoms with Crippen molar-refractivity contribution < 1.29 is 22.4 Å². The van der Waals surface area contributed by atoms with Gasteiger partial charge in [-0.2, -0.15) is 13.2 Å². The molecule has 3 nitrogen and oxygen atoms in total. The molecule has 18 heavy (non-hydrogen) atoms. The van der Waals surface area contributed by atoms with E-state index in [4.69, 9.17) is 4.42 Å². The van der Waals surface area contributed by atoms with Crippen LogP contribution >= 0.6 is 0 Å². The van der Waals surface area contributed by atoms with E-state index < -0.39 is 12.1 Å². The minimum Gasteiger partial charge on any atom is -0.464 e. The number of halogens is 3. The van der Waals surface area contributed by atoms with Crippen molar-refractivity contribution in [1.29, 1.82) is 0 Å². The Bertz CT molecular complexity index is 560. The lowest BCUT2D eigenvalue weighted by Crippen LogP contribution is -2.37. The van der Waals surface area contributed by atoms with E-state index in [0.29, 0.717) is 12.0 Å². The topological polar surface area (TPSA) is 42.2 Å². The summed E-state index contributed by atoms with van der Waals surface area (Å²) < 4.78 is 41.1. The summed E-state index contributed by atoms with van der Waals surface area (Å²) in [5.74, 6) is -1.92. The van der Waals surface area contributed by atoms with E-state index in [2.05, 4.69) is 0 Å². The molecule has 2 rings (SSSR count). The lowest BCUT2D eigenvalue weighted by atomic mass is 10.1. The van der Waals surface area contributed by atoms with Crippen LogP contribution in [0.1, 0.15) is 5.56 Å². The monoisotopic (exact) mass is 257 g/mol. The van der Waals surface area contributed by atoms with Gasteiger partial charge in [0.05, 0.1) is 6.26 Å². The first-order valence-corrected chi connectivity index (χ1v) is 5.28. The molecule has 0 aliphatic rings. The Labute approximate surface area is 101 Å². The van der Waals surface area contributed by atoms with Crippen molar-refractivity contribution in [1.82, 2.24) is 5.32 Å². The second-order valence-corrected chi connectivity index (χ2v) is 3.76. The highest BCUT2D eigenvalue weighted by atomic mass is 19.4. The summed E-state index contributed by atoms with van der Waals surface area (Å²) in [6, 6.07) is 7.21. The Morgan fingerprint density at radius 1 is 1.28 bits per heavy atom. The molecule has 0 aliphatic heterocycles. The summed E-state index contributed by atoms with van der Waals surface area (Å²) in [4.78, 5) is 10.6. The van der Waals surface area contributed by atoms with Crippen molar-refractivity contribution in [2.45, 2.75) is 12.6 Å². The number of para-hydroxylation sites is 1. The van der Waals surface area contributed by atoms with Gasteiger partial charge in [-0.1, -0.05) is 18.2 Å². The number of carbonyl (C=O) groups excluding carboxylic acids is 1. The molecule has 0 atom stereocenters. The zero-order valence-corrected chi connectivity index (χ0v) is 9.25. The third-order valence-corrected chi connectivity index (χ3v) is 2.50. The molecule has 0 radical (unpaired) electrons. The fraction of sp³-hybridized carbons (Fsp3) is 0.250. The molecule has 96 valence electrons. The van der Waals surface area contributed by atoms with Gasteiger partial charge in [0, 0.05) is 11.9 Å². The highest BCUT2D eigenvalue weighted by Crippen LogP contribution is 2.21. The van der Waals surface area contributed by atoms with Gasteiger partial charge in [0.2, 0.25) is 0 Å². The SMILES string of the molecule is O=C(NCCc1coc2ccccc12)C(F)(F)F. The van der Waals surface area contributed by atoms with Crippen LogP contribution in [0.25, 0.3) is 11.0 Å². The van der Waals surface area contributed by atoms with Crippen LogP contribution in [0.2, 0.25) is 0 Å². The number of furan rings is 1. The molecule has 1 amide bonds. The molecular weight excluding hydrogens is 247 g/mol. The average Bonchev–Trinajstić information content (AvgIpc) is 2.71. The van der Waals surface area contributed by atoms with E-state index in [0.717, 1.165) is 10.9 Å². The van der Waals surface area contributed by atoms with Crippen LogP contribution in [0.15, 0.2) is 34.9 Å². The largest absolute Gasteiger partial charge is 0.471 e. The maximum absolute atomic E-state index is 11.9. The van der Waals surface area contributed by atoms with E-state index in [-0.39, 0.29) is 6.54 Å². The Balaban J connectivity index is 1.97. The first-order valence-electron chi connectivity index (χ1n) is 5.28. The average molecular weight is 257 g/mol. The third-order valence-electron chi connectivity index (χ3n) is 2.50. The minimum absolute atomic E-state index is 0.0815. The molecule has 1 aromatic heterocycles. The molecule has 0 saturated carbocycles. The summed E-state index contributed by atoms with van der Waals surface area (Å²) in [5.41, 5.74) is 1.45. The Hall–Kier alpha value is -1.98. The number of rotatable bonds is 3. The number of amides is 1. The van der Waals surface area contributed by atoms with Crippen LogP contribution in [0.4, 0.5) is 13.2 Å². The van der Waals surface area contributed by atoms with Crippen LogP contribution < -0.4 is 5.32 Å². The number of fused-ring (bicyclic) bond motifs is 1. The molecule has 2 aromatic rings. The van der Waals surface area contributed by atoms with Crippen LogP contribution in [-0.2, 0) is 11.2 Å². The predicted molar refractivity (Wildman–Crippen MR) is 59.0 cm³/mol. The molecule has 0 bridgehead atoms. The molecule has 0 fully saturated rings. The molecule has 0 unspecified atom stereocenters. The van der Waals surface area contributed by atoms with E-state index in [1.165, 1.54) is 6.26 Å². The highest BCUT2D eigenvalue weighted by molar-refractivity contribution is 5.82. The van der Waals surface area contributed by atoms with Crippen LogP contribution in [0.5, 0.6) is 0 Å². The zero-order valence-electron chi connectivity index (χ0n) is 9.25. The van der Waals surface area contributed by atoms with Crippen molar-refractivity contribution in [3.05, 3.63) is 36.1 Å². The van der Waals surface area contributed by atoms with Gasteiger partial charge in [-0.25, -0.2) is 0 Å². The molecule has 1 aromatic carbocycles. The molecular formula is C12H10F3NO2. The van der Waals surface area contributed by atoms with Gasteiger partial charge in [0.15, 0.2) is 0 Å². The third kappa shape index (κ3) is 2.64. The smallest absolute Gasteiger partial charge is 0.464 e. The second kappa shape index (κ2) is 4.72. The van der Waals surface area contributed by atoms with E-state index in [1.807, 2.05) is 17.4 Å². The van der Waals surface area contributed by atoms with Gasteiger partial charge in [-0.3, -0.25) is 4.79 Å². The van der Waals surface area contributed by atoms with Crippen LogP contribution in [0, 0.1) is 0 Å². The summed E-state index contributed by atoms with van der Waals surface area (Å²) in [7, 11) is 0. The van der Waals surface area contributed by atoms with E-state index in [9.17, 15) is 18.0 Å². The summed E-state index contributed by atoms with van der Waals surface area (Å²) in [6.45, 7) is -0.0815. The summed E-state index contributed by atoms with van der Waals surface area (Å²) in [6.07, 6.45) is -3.05. The van der Waals surface area contributed by atoms with Gasteiger partial charge in [-0.15, -0.1) is 0 Å². The number of benzene rings is 1. The Morgan fingerprint density at radius 2 is 2.00 bits per heavy atom. The Kier molecular flexibility index (Phi) is 3.27. The number of hydrogen-bond donors (Lipinski definition) is 1. The van der Waals surface area contributed by atoms with Crippen molar-refractivity contribution in [3.63, 3.8) is 0 Å². The standard InChI is InChI=1S/C12H10F3NO2/c13-12(14,15)11(17)16-6-5-8-7-18-10-4-2-1-3-9(8)10/h1-4,7H,5-6H2,(H,16,17). The molecule has 1 N–H and O–H groups in total. The molecule has 6 heteroatoms. The molecule has 0 aliphatic carbocycles. The van der Waals surface area contributed by atoms with Gasteiger partial charge >= 0.3 is 12.1 Å². The number of hydrogen-bond acceptors (Lipinski definition) is 2. The lowest BCUT2D eigenvalue weighted by Gasteiger charge is -2.06. The highest BCUT2D eigenvalue weighted by Gasteiger charge is 2.38. The maximum atomic E-state index is 11.9. The van der Waals surface area contributed by atoms with Crippen LogP contribution in [0.3, 0.4) is 0 Å². The van der Waals surface area contributed by atoms with Crippen molar-refractivity contribution >= 4 is 16.9 Å². The van der Waals surface area contributed by atoms with Crippen molar-refractivity contribution in [2.24, 2.45) is 0 Å². The number of nitrogens with one attached hydrogen (secondary N) is 1. The van der Waals surface area contributed by atoms with Gasteiger partial charge < -0.3 is 9.73 Å². The fourth-order valence-electron chi connectivity index (χ4n) is 1.64. The van der Waals surface area contributed by atoms with Gasteiger partial charge in [-0.05, 0) is 18.1 Å². The first kappa shape index (κ1) is 12.5. The quantitative estimate of drug-likeness (QED) is 0.918. The van der Waals surface area contributed by atoms with Gasteiger partial charge in [0.25, 0.3) is 0 Å².